The van der Waals surface area contributed by atoms with Crippen LogP contribution in [0.1, 0.15) is 39.5 Å². The number of rotatable bonds is 16. The van der Waals surface area contributed by atoms with Gasteiger partial charge < -0.3 is 37.6 Å². The molecule has 0 aromatic heterocycles. The van der Waals surface area contributed by atoms with Crippen molar-refractivity contribution in [2.24, 2.45) is 17.4 Å². The molecule has 0 saturated heterocycles. The molecular formula is C19H35N5O7S. The van der Waals surface area contributed by atoms with Crippen LogP contribution in [0.15, 0.2) is 0 Å². The third-order valence-electron chi connectivity index (χ3n) is 4.41. The number of nitrogens with one attached hydrogen (secondary N) is 3. The summed E-state index contributed by atoms with van der Waals surface area (Å²) in [4.78, 5) is 60.2. The molecule has 0 rings (SSSR count). The Labute approximate surface area is 191 Å². The molecule has 4 unspecified atom stereocenters. The third kappa shape index (κ3) is 11.9. The molecule has 0 radical (unpaired) electrons. The van der Waals surface area contributed by atoms with Crippen molar-refractivity contribution in [3.63, 3.8) is 0 Å². The molecule has 9 N–H and O–H groups in total. The highest BCUT2D eigenvalue weighted by Crippen LogP contribution is 2.08. The van der Waals surface area contributed by atoms with Crippen molar-refractivity contribution in [3.05, 3.63) is 0 Å². The molecule has 12 nitrogen and oxygen atoms in total. The molecule has 4 amide bonds. The largest absolute Gasteiger partial charge is 0.480 e. The zero-order chi connectivity index (χ0) is 24.8. The SMILES string of the molecule is CSCCC(NC(=O)C(N)CO)C(=O)NC(CCC(N)=O)C(=O)NC(CC(C)C)C(=O)O. The standard InChI is InChI=1S/C19H35N5O7S/c1-10(2)8-14(19(30)31)24-17(28)12(4-5-15(21)26)23-18(29)13(6-7-32-3)22-16(27)11(20)9-25/h10-14,25H,4-9,20H2,1-3H3,(H2,21,26)(H,22,27)(H,23,29)(H,24,28)(H,30,31). The smallest absolute Gasteiger partial charge is 0.326 e. The molecule has 0 fully saturated rings. The van der Waals surface area contributed by atoms with Gasteiger partial charge in [-0.3, -0.25) is 19.2 Å². The normalized spacial score (nSPS) is 14.7. The Balaban J connectivity index is 5.48. The summed E-state index contributed by atoms with van der Waals surface area (Å²) < 4.78 is 0. The maximum Gasteiger partial charge on any atom is 0.326 e. The number of thioether (sulfide) groups is 1. The average molecular weight is 478 g/mol. The van der Waals surface area contributed by atoms with Crippen molar-refractivity contribution in [2.75, 3.05) is 18.6 Å². The minimum absolute atomic E-state index is 0.0167. The topological polar surface area (TPSA) is 214 Å². The van der Waals surface area contributed by atoms with Crippen molar-refractivity contribution >= 4 is 41.4 Å². The zero-order valence-electron chi connectivity index (χ0n) is 18.6. The second-order valence-corrected chi connectivity index (χ2v) is 8.71. The number of hydrogen-bond donors (Lipinski definition) is 7. The van der Waals surface area contributed by atoms with Gasteiger partial charge in [0.05, 0.1) is 6.61 Å². The summed E-state index contributed by atoms with van der Waals surface area (Å²) in [5.74, 6) is -3.68. The fraction of sp³-hybridized carbons (Fsp3) is 0.737. The van der Waals surface area contributed by atoms with Crippen molar-refractivity contribution in [1.29, 1.82) is 0 Å². The van der Waals surface area contributed by atoms with Crippen LogP contribution in [0.3, 0.4) is 0 Å². The van der Waals surface area contributed by atoms with E-state index in [0.717, 1.165) is 0 Å². The van der Waals surface area contributed by atoms with Crippen LogP contribution in [0.5, 0.6) is 0 Å². The van der Waals surface area contributed by atoms with Crippen LogP contribution in [-0.2, 0) is 24.0 Å². The van der Waals surface area contributed by atoms with E-state index in [0.29, 0.717) is 5.75 Å². The summed E-state index contributed by atoms with van der Waals surface area (Å²) in [5.41, 5.74) is 10.6. The van der Waals surface area contributed by atoms with E-state index in [1.54, 1.807) is 20.1 Å². The molecule has 0 aliphatic heterocycles. The van der Waals surface area contributed by atoms with E-state index >= 15 is 0 Å². The molecule has 4 atom stereocenters. The second-order valence-electron chi connectivity index (χ2n) is 7.73. The number of aliphatic hydroxyl groups excluding tert-OH is 1. The van der Waals surface area contributed by atoms with Crippen LogP contribution < -0.4 is 27.4 Å². The summed E-state index contributed by atoms with van der Waals surface area (Å²) in [6, 6.07) is -4.70. The molecule has 184 valence electrons. The van der Waals surface area contributed by atoms with E-state index in [1.165, 1.54) is 11.8 Å². The number of carboxylic acid groups (broad SMARTS) is 1. The molecule has 0 bridgehead atoms. The Morgan fingerprint density at radius 2 is 1.41 bits per heavy atom. The lowest BCUT2D eigenvalue weighted by atomic mass is 10.0. The number of hydrogen-bond acceptors (Lipinski definition) is 8. The Morgan fingerprint density at radius 3 is 1.84 bits per heavy atom. The summed E-state index contributed by atoms with van der Waals surface area (Å²) in [7, 11) is 0. The van der Waals surface area contributed by atoms with Crippen molar-refractivity contribution in [3.8, 4) is 0 Å². The summed E-state index contributed by atoms with van der Waals surface area (Å²) >= 11 is 1.43. The molecular weight excluding hydrogens is 442 g/mol. The predicted molar refractivity (Wildman–Crippen MR) is 119 cm³/mol. The Kier molecular flexibility index (Phi) is 14.3. The molecule has 0 spiro atoms. The van der Waals surface area contributed by atoms with Crippen LogP contribution in [0.25, 0.3) is 0 Å². The minimum Gasteiger partial charge on any atom is -0.480 e. The number of nitrogens with two attached hydrogens (primary N) is 2. The molecule has 32 heavy (non-hydrogen) atoms. The van der Waals surface area contributed by atoms with Crippen LogP contribution in [0.2, 0.25) is 0 Å². The maximum atomic E-state index is 12.8. The first kappa shape index (κ1) is 29.6. The number of primary amides is 1. The van der Waals surface area contributed by atoms with Gasteiger partial charge in [-0.25, -0.2) is 4.79 Å². The van der Waals surface area contributed by atoms with Crippen molar-refractivity contribution < 1.29 is 34.2 Å². The molecule has 0 aromatic rings. The second kappa shape index (κ2) is 15.4. The fourth-order valence-corrected chi connectivity index (χ4v) is 3.13. The van der Waals surface area contributed by atoms with Gasteiger partial charge in [-0.05, 0) is 37.2 Å². The molecule has 0 aliphatic carbocycles. The first-order chi connectivity index (χ1) is 14.9. The van der Waals surface area contributed by atoms with Crippen molar-refractivity contribution in [2.45, 2.75) is 63.7 Å². The maximum absolute atomic E-state index is 12.8. The van der Waals surface area contributed by atoms with Crippen LogP contribution in [0, 0.1) is 5.92 Å². The number of aliphatic hydroxyl groups is 1. The summed E-state index contributed by atoms with van der Waals surface area (Å²) in [6.45, 7) is 2.98. The first-order valence-corrected chi connectivity index (χ1v) is 11.6. The average Bonchev–Trinajstić information content (AvgIpc) is 2.71. The van der Waals surface area contributed by atoms with Crippen LogP contribution >= 0.6 is 11.8 Å². The van der Waals surface area contributed by atoms with E-state index in [-0.39, 0.29) is 31.6 Å². The summed E-state index contributed by atoms with van der Waals surface area (Å²) in [6.07, 6.45) is 1.81. The van der Waals surface area contributed by atoms with E-state index in [2.05, 4.69) is 16.0 Å². The predicted octanol–water partition coefficient (Wildman–Crippen LogP) is -2.09. The zero-order valence-corrected chi connectivity index (χ0v) is 19.4. The monoisotopic (exact) mass is 477 g/mol. The molecule has 0 aromatic carbocycles. The molecule has 0 aliphatic rings. The number of carbonyl (C=O) groups is 5. The van der Waals surface area contributed by atoms with Crippen LogP contribution in [-0.4, -0.2) is 82.6 Å². The van der Waals surface area contributed by atoms with E-state index < -0.39 is 60.4 Å². The lowest BCUT2D eigenvalue weighted by Gasteiger charge is -2.25. The number of aliphatic carboxylic acids is 1. The van der Waals surface area contributed by atoms with Crippen molar-refractivity contribution in [1.82, 2.24) is 16.0 Å². The molecule has 0 saturated carbocycles. The van der Waals surface area contributed by atoms with Gasteiger partial charge in [-0.1, -0.05) is 13.8 Å². The highest BCUT2D eigenvalue weighted by molar-refractivity contribution is 7.98. The number of carboxylic acids is 1. The summed E-state index contributed by atoms with van der Waals surface area (Å²) in [5, 5.41) is 25.7. The lowest BCUT2D eigenvalue weighted by Crippen LogP contribution is -2.57. The quantitative estimate of drug-likeness (QED) is 0.129. The van der Waals surface area contributed by atoms with Gasteiger partial charge in [0.25, 0.3) is 0 Å². The molecule has 0 heterocycles. The highest BCUT2D eigenvalue weighted by Gasteiger charge is 2.30. The highest BCUT2D eigenvalue weighted by atomic mass is 32.2. The minimum atomic E-state index is -1.25. The van der Waals surface area contributed by atoms with Gasteiger partial charge in [0.1, 0.15) is 24.2 Å². The Morgan fingerprint density at radius 1 is 0.906 bits per heavy atom. The van der Waals surface area contributed by atoms with Crippen LogP contribution in [0.4, 0.5) is 0 Å². The van der Waals surface area contributed by atoms with Gasteiger partial charge in [0.15, 0.2) is 0 Å². The van der Waals surface area contributed by atoms with Gasteiger partial charge in [0.2, 0.25) is 23.6 Å². The van der Waals surface area contributed by atoms with Gasteiger partial charge >= 0.3 is 5.97 Å². The number of carbonyl (C=O) groups excluding carboxylic acids is 4. The Hall–Kier alpha value is -2.38. The van der Waals surface area contributed by atoms with Gasteiger partial charge in [-0.15, -0.1) is 0 Å². The van der Waals surface area contributed by atoms with Gasteiger partial charge in [-0.2, -0.15) is 11.8 Å². The first-order valence-electron chi connectivity index (χ1n) is 10.2. The lowest BCUT2D eigenvalue weighted by molar-refractivity contribution is -0.143. The van der Waals surface area contributed by atoms with Gasteiger partial charge in [0, 0.05) is 6.42 Å². The third-order valence-corrected chi connectivity index (χ3v) is 5.06. The van der Waals surface area contributed by atoms with E-state index in [4.69, 9.17) is 16.6 Å². The molecule has 13 heteroatoms. The number of amides is 4. The van der Waals surface area contributed by atoms with E-state index in [9.17, 15) is 29.1 Å². The Bertz CT molecular complexity index is 662. The fourth-order valence-electron chi connectivity index (χ4n) is 2.66. The van der Waals surface area contributed by atoms with E-state index in [1.807, 2.05) is 0 Å².